The summed E-state index contributed by atoms with van der Waals surface area (Å²) in [6, 6.07) is 10.2. The second-order valence-corrected chi connectivity index (χ2v) is 3.29. The quantitative estimate of drug-likeness (QED) is 0.869. The summed E-state index contributed by atoms with van der Waals surface area (Å²) in [6.45, 7) is 0. The number of nitrogens with zero attached hydrogens (tertiary/aromatic N) is 3. The van der Waals surface area contributed by atoms with Gasteiger partial charge < -0.3 is 10.5 Å². The normalized spacial score (nSPS) is 9.50. The smallest absolute Gasteiger partial charge is 0.286 e. The molecular weight excluding hydrogens is 232 g/mol. The average molecular weight is 240 g/mol. The van der Waals surface area contributed by atoms with Gasteiger partial charge in [-0.15, -0.1) is 0 Å². The average Bonchev–Trinajstić information content (AvgIpc) is 2.39. The highest BCUT2D eigenvalue weighted by molar-refractivity contribution is 5.88. The Hall–Kier alpha value is -2.94. The van der Waals surface area contributed by atoms with E-state index in [0.29, 0.717) is 11.3 Å². The van der Waals surface area contributed by atoms with E-state index in [0.717, 1.165) is 0 Å². The fourth-order valence-corrected chi connectivity index (χ4v) is 1.28. The minimum atomic E-state index is -0.742. The van der Waals surface area contributed by atoms with Crippen LogP contribution in [-0.2, 0) is 0 Å². The molecule has 1 heterocycles. The van der Waals surface area contributed by atoms with Crippen molar-refractivity contribution in [3.05, 3.63) is 47.9 Å². The van der Waals surface area contributed by atoms with Crippen LogP contribution < -0.4 is 10.5 Å². The Morgan fingerprint density at radius 1 is 1.33 bits per heavy atom. The number of ether oxygens (including phenoxy) is 1. The van der Waals surface area contributed by atoms with Gasteiger partial charge >= 0.3 is 0 Å². The lowest BCUT2D eigenvalue weighted by molar-refractivity contribution is 0.0989. The number of nitriles is 1. The topological polar surface area (TPSA) is 102 Å². The van der Waals surface area contributed by atoms with Crippen LogP contribution in [0.4, 0.5) is 0 Å². The van der Waals surface area contributed by atoms with Crippen LogP contribution in [0, 0.1) is 11.3 Å². The predicted molar refractivity (Wildman–Crippen MR) is 61.8 cm³/mol. The molecule has 0 fully saturated rings. The molecule has 0 aliphatic carbocycles. The minimum Gasteiger partial charge on any atom is -0.438 e. The highest BCUT2D eigenvalue weighted by atomic mass is 16.5. The van der Waals surface area contributed by atoms with Crippen molar-refractivity contribution in [2.75, 3.05) is 0 Å². The van der Waals surface area contributed by atoms with Crippen LogP contribution in [0.3, 0.4) is 0 Å². The van der Waals surface area contributed by atoms with Gasteiger partial charge in [0, 0.05) is 12.3 Å². The number of rotatable bonds is 3. The molecule has 0 saturated heterocycles. The van der Waals surface area contributed by atoms with E-state index in [1.54, 1.807) is 24.3 Å². The summed E-state index contributed by atoms with van der Waals surface area (Å²) in [5.74, 6) is -0.369. The molecular formula is C12H8N4O2. The molecule has 1 aromatic carbocycles. The molecule has 1 amide bonds. The van der Waals surface area contributed by atoms with Crippen molar-refractivity contribution in [2.24, 2.45) is 5.73 Å². The van der Waals surface area contributed by atoms with Gasteiger partial charge in [0.05, 0.1) is 5.56 Å². The van der Waals surface area contributed by atoms with Gasteiger partial charge in [0.1, 0.15) is 11.8 Å². The van der Waals surface area contributed by atoms with E-state index in [1.165, 1.54) is 12.3 Å². The molecule has 2 N–H and O–H groups in total. The van der Waals surface area contributed by atoms with Gasteiger partial charge in [-0.1, -0.05) is 12.1 Å². The highest BCUT2D eigenvalue weighted by Gasteiger charge is 2.08. The van der Waals surface area contributed by atoms with Crippen LogP contribution in [0.1, 0.15) is 16.2 Å². The fourth-order valence-electron chi connectivity index (χ4n) is 1.28. The number of amides is 1. The van der Waals surface area contributed by atoms with Crippen LogP contribution in [-0.4, -0.2) is 15.9 Å². The van der Waals surface area contributed by atoms with Gasteiger partial charge in [-0.2, -0.15) is 10.2 Å². The molecule has 0 radical (unpaired) electrons. The van der Waals surface area contributed by atoms with Gasteiger partial charge in [-0.05, 0) is 12.1 Å². The third-order valence-electron chi connectivity index (χ3n) is 2.07. The van der Waals surface area contributed by atoms with E-state index in [2.05, 4.69) is 9.97 Å². The summed E-state index contributed by atoms with van der Waals surface area (Å²) < 4.78 is 5.41. The first kappa shape index (κ1) is 11.5. The molecule has 2 rings (SSSR count). The van der Waals surface area contributed by atoms with Crippen molar-refractivity contribution in [3.63, 3.8) is 0 Å². The minimum absolute atomic E-state index is 0.137. The van der Waals surface area contributed by atoms with Crippen molar-refractivity contribution in [1.29, 1.82) is 5.26 Å². The lowest BCUT2D eigenvalue weighted by atomic mass is 10.2. The second-order valence-electron chi connectivity index (χ2n) is 3.29. The second kappa shape index (κ2) is 4.93. The maximum Gasteiger partial charge on any atom is 0.286 e. The zero-order valence-corrected chi connectivity index (χ0v) is 9.20. The van der Waals surface area contributed by atoms with Crippen LogP contribution in [0.5, 0.6) is 11.6 Å². The Morgan fingerprint density at radius 2 is 2.11 bits per heavy atom. The summed E-state index contributed by atoms with van der Waals surface area (Å²) >= 11 is 0. The fraction of sp³-hybridized carbons (Fsp3) is 0. The van der Waals surface area contributed by atoms with E-state index >= 15 is 0 Å². The van der Waals surface area contributed by atoms with Crippen molar-refractivity contribution >= 4 is 5.91 Å². The van der Waals surface area contributed by atoms with Gasteiger partial charge in [-0.3, -0.25) is 4.79 Å². The first-order valence-electron chi connectivity index (χ1n) is 5.00. The zero-order valence-electron chi connectivity index (χ0n) is 9.20. The standard InChI is InChI=1S/C12H8N4O2/c13-7-8-3-1-2-4-9(8)18-10-5-6-15-12(16-10)11(14)17/h1-6H,(H2,14,17). The van der Waals surface area contributed by atoms with Gasteiger partial charge in [0.15, 0.2) is 0 Å². The van der Waals surface area contributed by atoms with Crippen LogP contribution in [0.2, 0.25) is 0 Å². The number of primary amides is 1. The van der Waals surface area contributed by atoms with Crippen LogP contribution >= 0.6 is 0 Å². The van der Waals surface area contributed by atoms with Gasteiger partial charge in [-0.25, -0.2) is 4.98 Å². The third kappa shape index (κ3) is 2.41. The number of hydrogen-bond acceptors (Lipinski definition) is 5. The number of benzene rings is 1. The first-order valence-corrected chi connectivity index (χ1v) is 5.00. The Bertz CT molecular complexity index is 634. The summed E-state index contributed by atoms with van der Waals surface area (Å²) in [7, 11) is 0. The van der Waals surface area contributed by atoms with Gasteiger partial charge in [0.25, 0.3) is 5.91 Å². The summed E-state index contributed by atoms with van der Waals surface area (Å²) in [4.78, 5) is 18.4. The molecule has 0 atom stereocenters. The van der Waals surface area contributed by atoms with E-state index in [4.69, 9.17) is 15.7 Å². The molecule has 0 aliphatic rings. The van der Waals surface area contributed by atoms with Gasteiger partial charge in [0.2, 0.25) is 11.7 Å². The number of hydrogen-bond donors (Lipinski definition) is 1. The van der Waals surface area contributed by atoms with Crippen LogP contribution in [0.25, 0.3) is 0 Å². The zero-order chi connectivity index (χ0) is 13.0. The Kier molecular flexibility index (Phi) is 3.16. The number of para-hydroxylation sites is 1. The molecule has 1 aromatic heterocycles. The summed E-state index contributed by atoms with van der Waals surface area (Å²) in [5.41, 5.74) is 5.43. The summed E-state index contributed by atoms with van der Waals surface area (Å²) in [6.07, 6.45) is 1.36. The number of carbonyl (C=O) groups is 1. The Labute approximate surface area is 103 Å². The summed E-state index contributed by atoms with van der Waals surface area (Å²) in [5, 5.41) is 8.90. The highest BCUT2D eigenvalue weighted by Crippen LogP contribution is 2.22. The molecule has 0 bridgehead atoms. The molecule has 6 heteroatoms. The monoisotopic (exact) mass is 240 g/mol. The Morgan fingerprint density at radius 3 is 2.83 bits per heavy atom. The van der Waals surface area contributed by atoms with Crippen molar-refractivity contribution in [2.45, 2.75) is 0 Å². The van der Waals surface area contributed by atoms with Crippen molar-refractivity contribution in [1.82, 2.24) is 9.97 Å². The SMILES string of the molecule is N#Cc1ccccc1Oc1ccnc(C(N)=O)n1. The largest absolute Gasteiger partial charge is 0.438 e. The Balaban J connectivity index is 2.32. The van der Waals surface area contributed by atoms with E-state index in [-0.39, 0.29) is 11.7 Å². The number of aromatic nitrogens is 2. The predicted octanol–water partition coefficient (Wildman–Crippen LogP) is 1.24. The van der Waals surface area contributed by atoms with E-state index < -0.39 is 5.91 Å². The van der Waals surface area contributed by atoms with E-state index in [1.807, 2.05) is 6.07 Å². The maximum absolute atomic E-state index is 10.9. The van der Waals surface area contributed by atoms with E-state index in [9.17, 15) is 4.79 Å². The molecule has 0 aliphatic heterocycles. The lowest BCUT2D eigenvalue weighted by Crippen LogP contribution is -2.15. The van der Waals surface area contributed by atoms with Crippen molar-refractivity contribution in [3.8, 4) is 17.7 Å². The molecule has 0 saturated carbocycles. The first-order chi connectivity index (χ1) is 8.70. The molecule has 18 heavy (non-hydrogen) atoms. The molecule has 0 unspecified atom stereocenters. The van der Waals surface area contributed by atoms with Crippen LogP contribution in [0.15, 0.2) is 36.5 Å². The molecule has 0 spiro atoms. The molecule has 6 nitrogen and oxygen atoms in total. The number of carbonyl (C=O) groups excluding carboxylic acids is 1. The lowest BCUT2D eigenvalue weighted by Gasteiger charge is -2.06. The molecule has 88 valence electrons. The number of nitrogens with two attached hydrogens (primary N) is 1. The maximum atomic E-state index is 10.9. The van der Waals surface area contributed by atoms with Crippen molar-refractivity contribution < 1.29 is 9.53 Å². The molecule has 2 aromatic rings. The third-order valence-corrected chi connectivity index (χ3v) is 2.07.